The molecule has 3 heterocycles. The van der Waals surface area contributed by atoms with Crippen LogP contribution in [-0.4, -0.2) is 34.1 Å². The van der Waals surface area contributed by atoms with Gasteiger partial charge >= 0.3 is 0 Å². The fourth-order valence-corrected chi connectivity index (χ4v) is 3.04. The number of hydrogen-bond acceptors (Lipinski definition) is 4. The Kier molecular flexibility index (Phi) is 3.99. The molecule has 5 nitrogen and oxygen atoms in total. The molecular weight excluding hydrogens is 262 g/mol. The summed E-state index contributed by atoms with van der Waals surface area (Å²) in [6, 6.07) is 2.55. The summed E-state index contributed by atoms with van der Waals surface area (Å²) in [7, 11) is 0. The van der Waals surface area contributed by atoms with Crippen LogP contribution in [0.3, 0.4) is 0 Å². The van der Waals surface area contributed by atoms with Gasteiger partial charge in [0, 0.05) is 24.8 Å². The number of aromatic amines is 1. The molecule has 2 aromatic rings. The summed E-state index contributed by atoms with van der Waals surface area (Å²) in [5.74, 6) is 1.82. The second-order valence-electron chi connectivity index (χ2n) is 6.12. The summed E-state index contributed by atoms with van der Waals surface area (Å²) in [6.07, 6.45) is 4.79. The molecule has 1 saturated heterocycles. The quantitative estimate of drug-likeness (QED) is 0.884. The van der Waals surface area contributed by atoms with Gasteiger partial charge < -0.3 is 15.2 Å². The van der Waals surface area contributed by atoms with Crippen LogP contribution in [0.4, 0.5) is 11.8 Å². The van der Waals surface area contributed by atoms with E-state index in [1.54, 1.807) is 0 Å². The maximum Gasteiger partial charge on any atom is 0.229 e. The molecule has 0 amide bonds. The molecule has 0 aromatic carbocycles. The van der Waals surface area contributed by atoms with Crippen molar-refractivity contribution in [1.29, 1.82) is 0 Å². The first-order valence-corrected chi connectivity index (χ1v) is 8.06. The standard InChI is InChI=1S/C16H25N5/c1-4-7-11(2)17-14-13-10-12(3)18-15(13)20-16(19-14)21-8-5-6-9-21/h10-11H,4-9H2,1-3H3,(H2,17,18,19,20). The predicted octanol–water partition coefficient (Wildman–Crippen LogP) is 3.47. The normalized spacial score (nSPS) is 16.6. The molecule has 1 aliphatic heterocycles. The van der Waals surface area contributed by atoms with Gasteiger partial charge in [0.2, 0.25) is 5.95 Å². The van der Waals surface area contributed by atoms with Crippen LogP contribution in [0.5, 0.6) is 0 Å². The third-order valence-corrected chi connectivity index (χ3v) is 4.10. The molecule has 0 saturated carbocycles. The average molecular weight is 287 g/mol. The molecule has 5 heteroatoms. The maximum absolute atomic E-state index is 4.80. The minimum Gasteiger partial charge on any atom is -0.367 e. The van der Waals surface area contributed by atoms with Crippen molar-refractivity contribution in [3.05, 3.63) is 11.8 Å². The highest BCUT2D eigenvalue weighted by molar-refractivity contribution is 5.89. The number of aryl methyl sites for hydroxylation is 1. The summed E-state index contributed by atoms with van der Waals surface area (Å²) in [6.45, 7) is 8.62. The SMILES string of the molecule is CCCC(C)Nc1nc(N2CCCC2)nc2[nH]c(C)cc12. The molecule has 21 heavy (non-hydrogen) atoms. The first-order chi connectivity index (χ1) is 10.2. The van der Waals surface area contributed by atoms with E-state index in [2.05, 4.69) is 42.0 Å². The zero-order valence-corrected chi connectivity index (χ0v) is 13.2. The lowest BCUT2D eigenvalue weighted by atomic mass is 10.2. The fraction of sp³-hybridized carbons (Fsp3) is 0.625. The molecule has 1 fully saturated rings. The molecule has 1 atom stereocenters. The van der Waals surface area contributed by atoms with Crippen LogP contribution >= 0.6 is 0 Å². The predicted molar refractivity (Wildman–Crippen MR) is 88.1 cm³/mol. The van der Waals surface area contributed by atoms with E-state index in [1.807, 2.05) is 0 Å². The monoisotopic (exact) mass is 287 g/mol. The fourth-order valence-electron chi connectivity index (χ4n) is 3.04. The zero-order valence-electron chi connectivity index (χ0n) is 13.2. The van der Waals surface area contributed by atoms with Crippen molar-refractivity contribution in [3.63, 3.8) is 0 Å². The second-order valence-corrected chi connectivity index (χ2v) is 6.12. The van der Waals surface area contributed by atoms with Crippen molar-refractivity contribution in [1.82, 2.24) is 15.0 Å². The Morgan fingerprint density at radius 1 is 1.33 bits per heavy atom. The third-order valence-electron chi connectivity index (χ3n) is 4.10. The van der Waals surface area contributed by atoms with Gasteiger partial charge in [-0.3, -0.25) is 0 Å². The number of aromatic nitrogens is 3. The molecule has 0 radical (unpaired) electrons. The van der Waals surface area contributed by atoms with Gasteiger partial charge in [-0.1, -0.05) is 13.3 Å². The van der Waals surface area contributed by atoms with E-state index in [0.717, 1.165) is 48.0 Å². The Hall–Kier alpha value is -1.78. The first kappa shape index (κ1) is 14.2. The molecule has 1 unspecified atom stereocenters. The molecule has 2 aromatic heterocycles. The second kappa shape index (κ2) is 5.92. The highest BCUT2D eigenvalue weighted by Crippen LogP contribution is 2.26. The van der Waals surface area contributed by atoms with E-state index in [9.17, 15) is 0 Å². The van der Waals surface area contributed by atoms with Crippen LogP contribution in [0.15, 0.2) is 6.07 Å². The van der Waals surface area contributed by atoms with E-state index in [0.29, 0.717) is 6.04 Å². The Labute approximate surface area is 126 Å². The van der Waals surface area contributed by atoms with Crippen molar-refractivity contribution in [2.45, 2.75) is 52.5 Å². The summed E-state index contributed by atoms with van der Waals surface area (Å²) in [5, 5.41) is 4.66. The number of rotatable bonds is 5. The van der Waals surface area contributed by atoms with Crippen molar-refractivity contribution >= 4 is 22.8 Å². The number of hydrogen-bond donors (Lipinski definition) is 2. The van der Waals surface area contributed by atoms with Crippen molar-refractivity contribution in [2.75, 3.05) is 23.3 Å². The number of nitrogens with one attached hydrogen (secondary N) is 2. The van der Waals surface area contributed by atoms with Crippen LogP contribution in [0, 0.1) is 6.92 Å². The minimum absolute atomic E-state index is 0.426. The molecule has 0 bridgehead atoms. The highest BCUT2D eigenvalue weighted by atomic mass is 15.3. The summed E-state index contributed by atoms with van der Waals surface area (Å²) >= 11 is 0. The lowest BCUT2D eigenvalue weighted by Gasteiger charge is -2.19. The summed E-state index contributed by atoms with van der Waals surface area (Å²) in [5.41, 5.74) is 2.07. The third kappa shape index (κ3) is 2.96. The van der Waals surface area contributed by atoms with Gasteiger partial charge in [0.15, 0.2) is 0 Å². The maximum atomic E-state index is 4.80. The Balaban J connectivity index is 1.98. The van der Waals surface area contributed by atoms with Gasteiger partial charge in [0.05, 0.1) is 5.39 Å². The van der Waals surface area contributed by atoms with Crippen LogP contribution in [0.2, 0.25) is 0 Å². The van der Waals surface area contributed by atoms with Crippen molar-refractivity contribution in [3.8, 4) is 0 Å². The molecule has 3 rings (SSSR count). The molecule has 1 aliphatic rings. The van der Waals surface area contributed by atoms with Crippen LogP contribution in [0.1, 0.15) is 45.2 Å². The molecule has 2 N–H and O–H groups in total. The van der Waals surface area contributed by atoms with Crippen molar-refractivity contribution < 1.29 is 0 Å². The zero-order chi connectivity index (χ0) is 14.8. The Bertz CT molecular complexity index is 612. The van der Waals surface area contributed by atoms with E-state index < -0.39 is 0 Å². The smallest absolute Gasteiger partial charge is 0.229 e. The van der Waals surface area contributed by atoms with Gasteiger partial charge in [-0.25, -0.2) is 0 Å². The van der Waals surface area contributed by atoms with Gasteiger partial charge in [-0.2, -0.15) is 9.97 Å². The average Bonchev–Trinajstić information content (AvgIpc) is 3.06. The minimum atomic E-state index is 0.426. The summed E-state index contributed by atoms with van der Waals surface area (Å²) < 4.78 is 0. The van der Waals surface area contributed by atoms with Gasteiger partial charge in [0.1, 0.15) is 11.5 Å². The van der Waals surface area contributed by atoms with Crippen LogP contribution in [-0.2, 0) is 0 Å². The van der Waals surface area contributed by atoms with Gasteiger partial charge in [-0.05, 0) is 39.2 Å². The van der Waals surface area contributed by atoms with Crippen molar-refractivity contribution in [2.24, 2.45) is 0 Å². The topological polar surface area (TPSA) is 56.8 Å². The van der Waals surface area contributed by atoms with Crippen LogP contribution < -0.4 is 10.2 Å². The Morgan fingerprint density at radius 2 is 2.10 bits per heavy atom. The number of nitrogens with zero attached hydrogens (tertiary/aromatic N) is 3. The lowest BCUT2D eigenvalue weighted by Crippen LogP contribution is -2.22. The summed E-state index contributed by atoms with van der Waals surface area (Å²) in [4.78, 5) is 15.1. The number of anilines is 2. The van der Waals surface area contributed by atoms with E-state index >= 15 is 0 Å². The van der Waals surface area contributed by atoms with Crippen LogP contribution in [0.25, 0.3) is 11.0 Å². The van der Waals surface area contributed by atoms with E-state index in [4.69, 9.17) is 9.97 Å². The van der Waals surface area contributed by atoms with Gasteiger partial charge in [0.25, 0.3) is 0 Å². The number of H-pyrrole nitrogens is 1. The van der Waals surface area contributed by atoms with E-state index in [-0.39, 0.29) is 0 Å². The molecule has 0 aliphatic carbocycles. The number of fused-ring (bicyclic) bond motifs is 1. The van der Waals surface area contributed by atoms with Gasteiger partial charge in [-0.15, -0.1) is 0 Å². The molecular formula is C16H25N5. The highest BCUT2D eigenvalue weighted by Gasteiger charge is 2.18. The first-order valence-electron chi connectivity index (χ1n) is 8.06. The largest absolute Gasteiger partial charge is 0.367 e. The lowest BCUT2D eigenvalue weighted by molar-refractivity contribution is 0.688. The molecule has 114 valence electrons. The Morgan fingerprint density at radius 3 is 2.81 bits per heavy atom. The molecule has 0 spiro atoms. The van der Waals surface area contributed by atoms with E-state index in [1.165, 1.54) is 19.3 Å².